The Hall–Kier alpha value is -1.82. The molecule has 2 aliphatic rings. The van der Waals surface area contributed by atoms with E-state index in [4.69, 9.17) is 0 Å². The number of nitrogens with zero attached hydrogens (tertiary/aromatic N) is 3. The van der Waals surface area contributed by atoms with E-state index in [2.05, 4.69) is 9.88 Å². The van der Waals surface area contributed by atoms with Gasteiger partial charge < -0.3 is 14.8 Å². The molecule has 0 saturated carbocycles. The lowest BCUT2D eigenvalue weighted by molar-refractivity contribution is -0.135. The summed E-state index contributed by atoms with van der Waals surface area (Å²) in [5, 5.41) is 0. The highest BCUT2D eigenvalue weighted by Crippen LogP contribution is 2.16. The first-order valence-electron chi connectivity index (χ1n) is 8.54. The van der Waals surface area contributed by atoms with E-state index in [1.54, 1.807) is 6.20 Å². The zero-order valence-corrected chi connectivity index (χ0v) is 14.0. The lowest BCUT2D eigenvalue weighted by atomic mass is 10.1. The number of carbonyl (C=O) groups is 2. The molecule has 126 valence electrons. The molecule has 2 fully saturated rings. The molecule has 0 aliphatic carbocycles. The zero-order chi connectivity index (χ0) is 16.4. The summed E-state index contributed by atoms with van der Waals surface area (Å²) in [7, 11) is 0. The highest BCUT2D eigenvalue weighted by molar-refractivity contribution is 5.95. The molecule has 2 saturated heterocycles. The maximum absolute atomic E-state index is 12.5. The lowest BCUT2D eigenvalue weighted by Gasteiger charge is -2.38. The van der Waals surface area contributed by atoms with Gasteiger partial charge in [-0.25, -0.2) is 0 Å². The predicted molar refractivity (Wildman–Crippen MR) is 88.3 cm³/mol. The Morgan fingerprint density at radius 3 is 2.26 bits per heavy atom. The number of aromatic nitrogens is 1. The third-order valence-electron chi connectivity index (χ3n) is 5.11. The Morgan fingerprint density at radius 1 is 1.04 bits per heavy atom. The fourth-order valence-electron chi connectivity index (χ4n) is 3.53. The van der Waals surface area contributed by atoms with E-state index in [1.165, 1.54) is 0 Å². The van der Waals surface area contributed by atoms with Crippen LogP contribution in [0.5, 0.6) is 0 Å². The van der Waals surface area contributed by atoms with Crippen LogP contribution >= 0.6 is 0 Å². The van der Waals surface area contributed by atoms with Crippen molar-refractivity contribution >= 4 is 11.8 Å². The molecule has 0 spiro atoms. The summed E-state index contributed by atoms with van der Waals surface area (Å²) in [5.41, 5.74) is 1.66. The topological polar surface area (TPSA) is 59.7 Å². The number of amides is 2. The number of hydrogen-bond donors (Lipinski definition) is 1. The SMILES string of the molecule is Cc1[nH]ccc1C(=O)N1CCN([C@@H](C)C(=O)N2CCCC2)CC1. The smallest absolute Gasteiger partial charge is 0.255 e. The minimum atomic E-state index is -0.0839. The van der Waals surface area contributed by atoms with E-state index < -0.39 is 0 Å². The van der Waals surface area contributed by atoms with E-state index in [0.717, 1.165) is 50.3 Å². The molecule has 2 aliphatic heterocycles. The van der Waals surface area contributed by atoms with Gasteiger partial charge in [-0.3, -0.25) is 14.5 Å². The molecule has 3 rings (SSSR count). The molecule has 0 aromatic carbocycles. The number of nitrogens with one attached hydrogen (secondary N) is 1. The number of piperazine rings is 1. The molecular weight excluding hydrogens is 292 g/mol. The Morgan fingerprint density at radius 2 is 1.70 bits per heavy atom. The van der Waals surface area contributed by atoms with Crippen molar-refractivity contribution in [3.8, 4) is 0 Å². The number of H-pyrrole nitrogens is 1. The molecule has 1 aromatic heterocycles. The summed E-state index contributed by atoms with van der Waals surface area (Å²) in [4.78, 5) is 34.1. The van der Waals surface area contributed by atoms with Crippen molar-refractivity contribution in [3.63, 3.8) is 0 Å². The van der Waals surface area contributed by atoms with Crippen molar-refractivity contribution in [2.45, 2.75) is 32.7 Å². The summed E-state index contributed by atoms with van der Waals surface area (Å²) < 4.78 is 0. The second-order valence-corrected chi connectivity index (χ2v) is 6.55. The molecule has 6 nitrogen and oxygen atoms in total. The fourth-order valence-corrected chi connectivity index (χ4v) is 3.53. The minimum Gasteiger partial charge on any atom is -0.365 e. The van der Waals surface area contributed by atoms with Crippen LogP contribution in [0, 0.1) is 6.92 Å². The van der Waals surface area contributed by atoms with Crippen LogP contribution in [-0.2, 0) is 4.79 Å². The van der Waals surface area contributed by atoms with Gasteiger partial charge in [-0.1, -0.05) is 0 Å². The molecule has 3 heterocycles. The average Bonchev–Trinajstić information content (AvgIpc) is 3.24. The summed E-state index contributed by atoms with van der Waals surface area (Å²) >= 11 is 0. The Balaban J connectivity index is 1.54. The number of aromatic amines is 1. The molecule has 6 heteroatoms. The molecule has 0 radical (unpaired) electrons. The number of carbonyl (C=O) groups excluding carboxylic acids is 2. The first-order chi connectivity index (χ1) is 11.1. The van der Waals surface area contributed by atoms with E-state index in [1.807, 2.05) is 29.7 Å². The maximum atomic E-state index is 12.5. The van der Waals surface area contributed by atoms with E-state index >= 15 is 0 Å². The van der Waals surface area contributed by atoms with Gasteiger partial charge in [0.15, 0.2) is 0 Å². The van der Waals surface area contributed by atoms with Gasteiger partial charge in [-0.2, -0.15) is 0 Å². The second-order valence-electron chi connectivity index (χ2n) is 6.55. The molecule has 2 amide bonds. The van der Waals surface area contributed by atoms with Crippen molar-refractivity contribution in [1.29, 1.82) is 0 Å². The van der Waals surface area contributed by atoms with Crippen LogP contribution in [0.2, 0.25) is 0 Å². The monoisotopic (exact) mass is 318 g/mol. The molecule has 1 aromatic rings. The van der Waals surface area contributed by atoms with Crippen LogP contribution in [-0.4, -0.2) is 76.8 Å². The molecule has 1 N–H and O–H groups in total. The van der Waals surface area contributed by atoms with Crippen LogP contribution in [0.3, 0.4) is 0 Å². The van der Waals surface area contributed by atoms with Crippen LogP contribution < -0.4 is 0 Å². The van der Waals surface area contributed by atoms with Gasteiger partial charge in [-0.05, 0) is 32.8 Å². The zero-order valence-electron chi connectivity index (χ0n) is 14.0. The predicted octanol–water partition coefficient (Wildman–Crippen LogP) is 1.09. The number of likely N-dealkylation sites (tertiary alicyclic amines) is 1. The Kier molecular flexibility index (Phi) is 4.71. The average molecular weight is 318 g/mol. The third-order valence-corrected chi connectivity index (χ3v) is 5.11. The van der Waals surface area contributed by atoms with E-state index in [0.29, 0.717) is 13.1 Å². The first kappa shape index (κ1) is 16.1. The van der Waals surface area contributed by atoms with Crippen molar-refractivity contribution < 1.29 is 9.59 Å². The van der Waals surface area contributed by atoms with Crippen LogP contribution in [0.4, 0.5) is 0 Å². The number of rotatable bonds is 3. The quantitative estimate of drug-likeness (QED) is 0.908. The molecule has 0 unspecified atom stereocenters. The van der Waals surface area contributed by atoms with Gasteiger partial charge in [0.05, 0.1) is 11.6 Å². The summed E-state index contributed by atoms with van der Waals surface area (Å²) in [5.74, 6) is 0.325. The van der Waals surface area contributed by atoms with Gasteiger partial charge in [0.1, 0.15) is 0 Å². The number of aryl methyl sites for hydroxylation is 1. The lowest BCUT2D eigenvalue weighted by Crippen LogP contribution is -2.55. The van der Waals surface area contributed by atoms with Crippen molar-refractivity contribution in [3.05, 3.63) is 23.5 Å². The first-order valence-corrected chi connectivity index (χ1v) is 8.54. The maximum Gasteiger partial charge on any atom is 0.255 e. The summed E-state index contributed by atoms with van der Waals surface area (Å²) in [6.45, 7) is 8.59. The number of hydrogen-bond acceptors (Lipinski definition) is 3. The van der Waals surface area contributed by atoms with Crippen molar-refractivity contribution in [2.24, 2.45) is 0 Å². The summed E-state index contributed by atoms with van der Waals surface area (Å²) in [6, 6.07) is 1.75. The highest BCUT2D eigenvalue weighted by Gasteiger charge is 2.31. The van der Waals surface area contributed by atoms with E-state index in [9.17, 15) is 9.59 Å². The third kappa shape index (κ3) is 3.27. The van der Waals surface area contributed by atoms with Gasteiger partial charge in [0.25, 0.3) is 5.91 Å². The second kappa shape index (κ2) is 6.74. The minimum absolute atomic E-state index is 0.0839. The Labute approximate surface area is 137 Å². The van der Waals surface area contributed by atoms with Gasteiger partial charge in [0, 0.05) is 51.2 Å². The molecular formula is C17H26N4O2. The standard InChI is InChI=1S/C17H26N4O2/c1-13-15(5-6-18-13)17(23)21-11-9-19(10-12-21)14(2)16(22)20-7-3-4-8-20/h5-6,14,18H,3-4,7-12H2,1-2H3/t14-/m0/s1. The van der Waals surface area contributed by atoms with Crippen molar-refractivity contribution in [1.82, 2.24) is 19.7 Å². The molecule has 23 heavy (non-hydrogen) atoms. The van der Waals surface area contributed by atoms with Crippen LogP contribution in [0.1, 0.15) is 35.8 Å². The van der Waals surface area contributed by atoms with E-state index in [-0.39, 0.29) is 17.9 Å². The highest BCUT2D eigenvalue weighted by atomic mass is 16.2. The summed E-state index contributed by atoms with van der Waals surface area (Å²) in [6.07, 6.45) is 4.04. The van der Waals surface area contributed by atoms with Crippen LogP contribution in [0.15, 0.2) is 12.3 Å². The molecule has 1 atom stereocenters. The Bertz CT molecular complexity index is 569. The van der Waals surface area contributed by atoms with Gasteiger partial charge in [-0.15, -0.1) is 0 Å². The van der Waals surface area contributed by atoms with Crippen molar-refractivity contribution in [2.75, 3.05) is 39.3 Å². The molecule has 0 bridgehead atoms. The normalized spacial score (nSPS) is 20.8. The van der Waals surface area contributed by atoms with Gasteiger partial charge in [0.2, 0.25) is 5.91 Å². The fraction of sp³-hybridized carbons (Fsp3) is 0.647. The van der Waals surface area contributed by atoms with Gasteiger partial charge >= 0.3 is 0 Å². The van der Waals surface area contributed by atoms with Crippen LogP contribution in [0.25, 0.3) is 0 Å². The largest absolute Gasteiger partial charge is 0.365 e.